The molecule has 1 aromatic heterocycles. The third-order valence-electron chi connectivity index (χ3n) is 3.57. The van der Waals surface area contributed by atoms with Gasteiger partial charge in [-0.15, -0.1) is 10.2 Å². The first-order chi connectivity index (χ1) is 12.6. The molecule has 1 amide bonds. The van der Waals surface area contributed by atoms with Crippen LogP contribution >= 0.6 is 23.2 Å². The second-order valence-electron chi connectivity index (χ2n) is 5.37. The fraction of sp³-hybridized carbons (Fsp3) is 0.167. The number of amides is 1. The number of methoxy groups -OCH3 is 1. The average molecular weight is 392 g/mol. The minimum absolute atomic E-state index is 0.166. The second kappa shape index (κ2) is 8.21. The maximum atomic E-state index is 12.2. The number of nitrogens with zero attached hydrogens (tertiary/aromatic N) is 2. The van der Waals surface area contributed by atoms with E-state index in [2.05, 4.69) is 15.5 Å². The molecule has 0 aliphatic heterocycles. The quantitative estimate of drug-likeness (QED) is 0.662. The lowest BCUT2D eigenvalue weighted by Gasteiger charge is -2.10. The molecule has 1 N–H and O–H groups in total. The lowest BCUT2D eigenvalue weighted by atomic mass is 10.2. The number of anilines is 1. The highest BCUT2D eigenvalue weighted by atomic mass is 35.5. The van der Waals surface area contributed by atoms with Gasteiger partial charge in [-0.2, -0.15) is 0 Å². The number of aryl methyl sites for hydroxylation is 1. The van der Waals surface area contributed by atoms with Crippen LogP contribution in [0.4, 0.5) is 5.69 Å². The molecule has 0 bridgehead atoms. The molecule has 0 saturated heterocycles. The number of carbonyl (C=O) groups is 1. The van der Waals surface area contributed by atoms with Crippen molar-refractivity contribution < 1.29 is 13.9 Å². The monoisotopic (exact) mass is 391 g/mol. The summed E-state index contributed by atoms with van der Waals surface area (Å²) in [5.41, 5.74) is 1.16. The maximum Gasteiger partial charge on any atom is 0.249 e. The normalized spacial score (nSPS) is 10.6. The first-order valence-electron chi connectivity index (χ1n) is 7.77. The van der Waals surface area contributed by atoms with Crippen LogP contribution in [0, 0.1) is 0 Å². The average Bonchev–Trinajstić information content (AvgIpc) is 3.09. The summed E-state index contributed by atoms with van der Waals surface area (Å²) in [6.07, 6.45) is 0.464. The van der Waals surface area contributed by atoms with Crippen molar-refractivity contribution in [1.82, 2.24) is 10.2 Å². The summed E-state index contributed by atoms with van der Waals surface area (Å²) < 4.78 is 10.8. The molecule has 0 saturated carbocycles. The van der Waals surface area contributed by atoms with E-state index in [1.54, 1.807) is 30.3 Å². The van der Waals surface area contributed by atoms with E-state index in [9.17, 15) is 4.79 Å². The Kier molecular flexibility index (Phi) is 5.75. The second-order valence-corrected chi connectivity index (χ2v) is 6.22. The zero-order chi connectivity index (χ0) is 18.5. The lowest BCUT2D eigenvalue weighted by Crippen LogP contribution is -2.13. The van der Waals surface area contributed by atoms with Gasteiger partial charge in [0, 0.05) is 17.9 Å². The van der Waals surface area contributed by atoms with Crippen molar-refractivity contribution in [1.29, 1.82) is 0 Å². The number of nitrogens with one attached hydrogen (secondary N) is 1. The topological polar surface area (TPSA) is 77.2 Å². The third kappa shape index (κ3) is 4.33. The molecule has 0 aliphatic carbocycles. The molecule has 26 heavy (non-hydrogen) atoms. The Morgan fingerprint density at radius 1 is 1.19 bits per heavy atom. The standard InChI is InChI=1S/C18H15Cl2N3O3/c1-25-15-7-6-11(19)10-14(15)21-16(24)8-9-17-22-23-18(26-17)12-4-2-3-5-13(12)20/h2-7,10H,8-9H2,1H3,(H,21,24). The summed E-state index contributed by atoms with van der Waals surface area (Å²) in [6, 6.07) is 12.2. The molecule has 134 valence electrons. The predicted molar refractivity (Wildman–Crippen MR) is 99.7 cm³/mol. The molecule has 0 aliphatic rings. The third-order valence-corrected chi connectivity index (χ3v) is 4.14. The summed E-state index contributed by atoms with van der Waals surface area (Å²) >= 11 is 12.1. The Hall–Kier alpha value is -2.57. The van der Waals surface area contributed by atoms with Gasteiger partial charge < -0.3 is 14.5 Å². The SMILES string of the molecule is COc1ccc(Cl)cc1NC(=O)CCc1nnc(-c2ccccc2Cl)o1. The van der Waals surface area contributed by atoms with Crippen LogP contribution in [0.3, 0.4) is 0 Å². The maximum absolute atomic E-state index is 12.2. The van der Waals surface area contributed by atoms with E-state index in [0.717, 1.165) is 0 Å². The van der Waals surface area contributed by atoms with Crippen LogP contribution in [0.5, 0.6) is 5.75 Å². The molecular formula is C18H15Cl2N3O3. The van der Waals surface area contributed by atoms with Gasteiger partial charge in [0.25, 0.3) is 0 Å². The van der Waals surface area contributed by atoms with E-state index < -0.39 is 0 Å². The summed E-state index contributed by atoms with van der Waals surface area (Å²) in [6.45, 7) is 0. The molecule has 3 aromatic rings. The van der Waals surface area contributed by atoms with Gasteiger partial charge in [-0.3, -0.25) is 4.79 Å². The van der Waals surface area contributed by atoms with E-state index in [0.29, 0.717) is 45.2 Å². The van der Waals surface area contributed by atoms with Crippen LogP contribution in [0.2, 0.25) is 10.0 Å². The van der Waals surface area contributed by atoms with Crippen molar-refractivity contribution in [2.24, 2.45) is 0 Å². The van der Waals surface area contributed by atoms with Crippen molar-refractivity contribution in [3.8, 4) is 17.2 Å². The largest absolute Gasteiger partial charge is 0.495 e. The minimum Gasteiger partial charge on any atom is -0.495 e. The van der Waals surface area contributed by atoms with Crippen molar-refractivity contribution in [3.05, 3.63) is 58.4 Å². The number of carbonyl (C=O) groups excluding carboxylic acids is 1. The summed E-state index contributed by atoms with van der Waals surface area (Å²) in [4.78, 5) is 12.2. The van der Waals surface area contributed by atoms with Gasteiger partial charge in [0.2, 0.25) is 17.7 Å². The van der Waals surface area contributed by atoms with Gasteiger partial charge in [-0.05, 0) is 30.3 Å². The molecule has 0 radical (unpaired) electrons. The Bertz CT molecular complexity index is 928. The zero-order valence-electron chi connectivity index (χ0n) is 13.8. The van der Waals surface area contributed by atoms with E-state index in [4.69, 9.17) is 32.4 Å². The number of hydrogen-bond acceptors (Lipinski definition) is 5. The Labute approximate surface area is 160 Å². The predicted octanol–water partition coefficient (Wildman–Crippen LogP) is 4.62. The van der Waals surface area contributed by atoms with Gasteiger partial charge in [-0.25, -0.2) is 0 Å². The van der Waals surface area contributed by atoms with E-state index in [1.807, 2.05) is 12.1 Å². The smallest absolute Gasteiger partial charge is 0.249 e. The first-order valence-corrected chi connectivity index (χ1v) is 8.53. The number of hydrogen-bond donors (Lipinski definition) is 1. The molecule has 0 fully saturated rings. The fourth-order valence-electron chi connectivity index (χ4n) is 2.31. The highest BCUT2D eigenvalue weighted by Gasteiger charge is 2.14. The molecule has 0 spiro atoms. The fourth-order valence-corrected chi connectivity index (χ4v) is 2.70. The Morgan fingerprint density at radius 3 is 2.77 bits per heavy atom. The lowest BCUT2D eigenvalue weighted by molar-refractivity contribution is -0.116. The van der Waals surface area contributed by atoms with E-state index in [-0.39, 0.29) is 12.3 Å². The molecule has 0 unspecified atom stereocenters. The number of halogens is 2. The number of aromatic nitrogens is 2. The molecule has 0 atom stereocenters. The molecular weight excluding hydrogens is 377 g/mol. The highest BCUT2D eigenvalue weighted by molar-refractivity contribution is 6.33. The summed E-state index contributed by atoms with van der Waals surface area (Å²) in [5.74, 6) is 0.986. The molecule has 3 rings (SSSR count). The summed E-state index contributed by atoms with van der Waals surface area (Å²) in [7, 11) is 1.52. The molecule has 8 heteroatoms. The van der Waals surface area contributed by atoms with Gasteiger partial charge in [-0.1, -0.05) is 35.3 Å². The highest BCUT2D eigenvalue weighted by Crippen LogP contribution is 2.28. The van der Waals surface area contributed by atoms with Crippen LogP contribution < -0.4 is 10.1 Å². The van der Waals surface area contributed by atoms with Crippen LogP contribution in [0.1, 0.15) is 12.3 Å². The summed E-state index contributed by atoms with van der Waals surface area (Å²) in [5, 5.41) is 11.7. The Morgan fingerprint density at radius 2 is 2.00 bits per heavy atom. The van der Waals surface area contributed by atoms with Crippen LogP contribution in [-0.2, 0) is 11.2 Å². The van der Waals surface area contributed by atoms with Crippen LogP contribution in [0.25, 0.3) is 11.5 Å². The Balaban J connectivity index is 1.62. The zero-order valence-corrected chi connectivity index (χ0v) is 15.3. The molecule has 6 nitrogen and oxygen atoms in total. The minimum atomic E-state index is -0.219. The van der Waals surface area contributed by atoms with Crippen molar-refractivity contribution >= 4 is 34.8 Å². The first kappa shape index (κ1) is 18.2. The number of rotatable bonds is 6. The van der Waals surface area contributed by atoms with Gasteiger partial charge in [0.1, 0.15) is 5.75 Å². The van der Waals surface area contributed by atoms with E-state index in [1.165, 1.54) is 7.11 Å². The number of benzene rings is 2. The van der Waals surface area contributed by atoms with Crippen LogP contribution in [-0.4, -0.2) is 23.2 Å². The van der Waals surface area contributed by atoms with Crippen LogP contribution in [0.15, 0.2) is 46.9 Å². The van der Waals surface area contributed by atoms with Gasteiger partial charge in [0.15, 0.2) is 0 Å². The molecule has 1 heterocycles. The van der Waals surface area contributed by atoms with Crippen molar-refractivity contribution in [3.63, 3.8) is 0 Å². The van der Waals surface area contributed by atoms with Gasteiger partial charge in [0.05, 0.1) is 23.4 Å². The van der Waals surface area contributed by atoms with E-state index >= 15 is 0 Å². The van der Waals surface area contributed by atoms with Crippen molar-refractivity contribution in [2.75, 3.05) is 12.4 Å². The van der Waals surface area contributed by atoms with Crippen molar-refractivity contribution in [2.45, 2.75) is 12.8 Å². The molecule has 2 aromatic carbocycles. The number of ether oxygens (including phenoxy) is 1. The van der Waals surface area contributed by atoms with Gasteiger partial charge >= 0.3 is 0 Å².